The summed E-state index contributed by atoms with van der Waals surface area (Å²) in [5, 5.41) is 0. The maximum atomic E-state index is 5.68. The molecule has 0 aliphatic rings. The van der Waals surface area contributed by atoms with Gasteiger partial charge in [0, 0.05) is 17.1 Å². The molecule has 0 unspecified atom stereocenters. The lowest BCUT2D eigenvalue weighted by molar-refractivity contribution is 1.39. The zero-order chi connectivity index (χ0) is 12.8. The van der Waals surface area contributed by atoms with Gasteiger partial charge in [0.2, 0.25) is 0 Å². The van der Waals surface area contributed by atoms with Crippen molar-refractivity contribution in [1.82, 2.24) is 0 Å². The summed E-state index contributed by atoms with van der Waals surface area (Å²) >= 11 is 0. The summed E-state index contributed by atoms with van der Waals surface area (Å²) in [6.45, 7) is 4.03. The molecule has 0 atom stereocenters. The summed E-state index contributed by atoms with van der Waals surface area (Å²) < 4.78 is 0. The number of benzene rings is 2. The van der Waals surface area contributed by atoms with Crippen molar-refractivity contribution < 1.29 is 0 Å². The van der Waals surface area contributed by atoms with Gasteiger partial charge < -0.3 is 17.2 Å². The van der Waals surface area contributed by atoms with Crippen LogP contribution in [0.2, 0.25) is 0 Å². The minimum Gasteiger partial charge on any atom is -0.399 e. The van der Waals surface area contributed by atoms with Crippen molar-refractivity contribution in [3.8, 4) is 0 Å². The smallest absolute Gasteiger partial charge is 0.0373 e. The van der Waals surface area contributed by atoms with E-state index in [4.69, 9.17) is 17.2 Å². The normalized spacial score (nSPS) is 9.29. The van der Waals surface area contributed by atoms with Crippen molar-refractivity contribution in [3.63, 3.8) is 0 Å². The molecule has 0 fully saturated rings. The van der Waals surface area contributed by atoms with Crippen LogP contribution in [0.3, 0.4) is 0 Å². The van der Waals surface area contributed by atoms with Crippen LogP contribution in [0.15, 0.2) is 42.5 Å². The van der Waals surface area contributed by atoms with Gasteiger partial charge in [-0.2, -0.15) is 0 Å². The van der Waals surface area contributed by atoms with Gasteiger partial charge in [-0.1, -0.05) is 18.2 Å². The maximum absolute atomic E-state index is 5.68. The Bertz CT molecular complexity index is 434. The molecule has 0 radical (unpaired) electrons. The van der Waals surface area contributed by atoms with Gasteiger partial charge in [-0.15, -0.1) is 0 Å². The summed E-state index contributed by atoms with van der Waals surface area (Å²) in [5.41, 5.74) is 21.2. The van der Waals surface area contributed by atoms with Gasteiger partial charge in [-0.05, 0) is 49.2 Å². The predicted molar refractivity (Wildman–Crippen MR) is 75.6 cm³/mol. The zero-order valence-electron chi connectivity index (χ0n) is 10.3. The summed E-state index contributed by atoms with van der Waals surface area (Å²) in [4.78, 5) is 0. The lowest BCUT2D eigenvalue weighted by atomic mass is 10.1. The van der Waals surface area contributed by atoms with Crippen molar-refractivity contribution in [2.24, 2.45) is 0 Å². The van der Waals surface area contributed by atoms with Crippen molar-refractivity contribution >= 4 is 17.1 Å². The van der Waals surface area contributed by atoms with Crippen LogP contribution in [0.25, 0.3) is 0 Å². The molecular formula is C14H19N3. The first-order chi connectivity index (χ1) is 8.00. The highest BCUT2D eigenvalue weighted by Gasteiger charge is 1.92. The highest BCUT2D eigenvalue weighted by atomic mass is 14.6. The number of anilines is 3. The van der Waals surface area contributed by atoms with Gasteiger partial charge in [0.25, 0.3) is 0 Å². The van der Waals surface area contributed by atoms with Crippen molar-refractivity contribution in [1.29, 1.82) is 0 Å². The summed E-state index contributed by atoms with van der Waals surface area (Å²) in [6, 6.07) is 13.1. The second-order valence-corrected chi connectivity index (χ2v) is 3.97. The maximum Gasteiger partial charge on any atom is 0.0373 e. The van der Waals surface area contributed by atoms with Gasteiger partial charge in [0.15, 0.2) is 0 Å². The first kappa shape index (κ1) is 12.9. The van der Waals surface area contributed by atoms with Gasteiger partial charge in [-0.25, -0.2) is 0 Å². The topological polar surface area (TPSA) is 78.1 Å². The number of nitrogen functional groups attached to an aromatic ring is 3. The van der Waals surface area contributed by atoms with E-state index in [1.165, 1.54) is 0 Å². The van der Waals surface area contributed by atoms with Crippen LogP contribution in [0.4, 0.5) is 17.1 Å². The van der Waals surface area contributed by atoms with E-state index >= 15 is 0 Å². The molecule has 2 aromatic carbocycles. The third kappa shape index (κ3) is 4.07. The van der Waals surface area contributed by atoms with Crippen LogP contribution >= 0.6 is 0 Å². The van der Waals surface area contributed by atoms with Crippen molar-refractivity contribution in [2.45, 2.75) is 13.8 Å². The van der Waals surface area contributed by atoms with E-state index in [-0.39, 0.29) is 0 Å². The van der Waals surface area contributed by atoms with Crippen molar-refractivity contribution in [2.75, 3.05) is 17.2 Å². The molecule has 0 spiro atoms. The molecule has 0 heterocycles. The Morgan fingerprint density at radius 3 is 1.29 bits per heavy atom. The third-order valence-electron chi connectivity index (χ3n) is 2.48. The molecule has 0 aliphatic carbocycles. The summed E-state index contributed by atoms with van der Waals surface area (Å²) in [5.74, 6) is 0. The molecule has 0 aromatic heterocycles. The molecule has 90 valence electrons. The minimum absolute atomic E-state index is 0.749. The monoisotopic (exact) mass is 229 g/mol. The molecule has 6 N–H and O–H groups in total. The quantitative estimate of drug-likeness (QED) is 0.608. The Morgan fingerprint density at radius 2 is 1.00 bits per heavy atom. The molecule has 3 heteroatoms. The number of para-hydroxylation sites is 1. The largest absolute Gasteiger partial charge is 0.399 e. The first-order valence-electron chi connectivity index (χ1n) is 5.43. The van der Waals surface area contributed by atoms with Crippen LogP contribution in [-0.2, 0) is 0 Å². The van der Waals surface area contributed by atoms with Crippen LogP contribution in [0, 0.1) is 13.8 Å². The second-order valence-electron chi connectivity index (χ2n) is 3.97. The van der Waals surface area contributed by atoms with E-state index in [1.54, 1.807) is 24.3 Å². The average Bonchev–Trinajstić information content (AvgIpc) is 2.31. The standard InChI is InChI=1S/C8H11N.C6H8N2/c1-6-4-3-5-7(2)8(6)9;7-5-1-2-6(8)4-3-5/h3-5H,9H2,1-2H3;1-4H,7-8H2. The number of aryl methyl sites for hydroxylation is 2. The fourth-order valence-electron chi connectivity index (χ4n) is 1.32. The number of nitrogens with two attached hydrogens (primary N) is 3. The Morgan fingerprint density at radius 1 is 0.647 bits per heavy atom. The van der Waals surface area contributed by atoms with Crippen LogP contribution in [0.5, 0.6) is 0 Å². The zero-order valence-corrected chi connectivity index (χ0v) is 10.3. The average molecular weight is 229 g/mol. The minimum atomic E-state index is 0.749. The van der Waals surface area contributed by atoms with Gasteiger partial charge in [0.05, 0.1) is 0 Å². The molecule has 3 nitrogen and oxygen atoms in total. The van der Waals surface area contributed by atoms with Crippen LogP contribution in [-0.4, -0.2) is 0 Å². The first-order valence-corrected chi connectivity index (χ1v) is 5.43. The fraction of sp³-hybridized carbons (Fsp3) is 0.143. The molecular weight excluding hydrogens is 210 g/mol. The fourth-order valence-corrected chi connectivity index (χ4v) is 1.32. The molecule has 0 amide bonds. The second kappa shape index (κ2) is 5.80. The van der Waals surface area contributed by atoms with E-state index in [0.29, 0.717) is 0 Å². The molecule has 2 rings (SSSR count). The predicted octanol–water partition coefficient (Wildman–Crippen LogP) is 2.74. The summed E-state index contributed by atoms with van der Waals surface area (Å²) in [7, 11) is 0. The van der Waals surface area contributed by atoms with E-state index < -0.39 is 0 Å². The molecule has 0 saturated heterocycles. The number of hydrogen-bond donors (Lipinski definition) is 3. The Hall–Kier alpha value is -2.16. The highest BCUT2D eigenvalue weighted by molar-refractivity contribution is 5.52. The number of rotatable bonds is 0. The Kier molecular flexibility index (Phi) is 4.40. The molecule has 0 aliphatic heterocycles. The molecule has 17 heavy (non-hydrogen) atoms. The van der Waals surface area contributed by atoms with Crippen LogP contribution in [0.1, 0.15) is 11.1 Å². The third-order valence-corrected chi connectivity index (χ3v) is 2.48. The lowest BCUT2D eigenvalue weighted by Gasteiger charge is -2.00. The van der Waals surface area contributed by atoms with Gasteiger partial charge in [-0.3, -0.25) is 0 Å². The Labute approximate surface area is 102 Å². The molecule has 0 bridgehead atoms. The summed E-state index contributed by atoms with van der Waals surface area (Å²) in [6.07, 6.45) is 0. The van der Waals surface area contributed by atoms with Gasteiger partial charge >= 0.3 is 0 Å². The van der Waals surface area contributed by atoms with E-state index in [9.17, 15) is 0 Å². The molecule has 2 aromatic rings. The number of hydrogen-bond acceptors (Lipinski definition) is 3. The highest BCUT2D eigenvalue weighted by Crippen LogP contribution is 2.13. The van der Waals surface area contributed by atoms with E-state index in [2.05, 4.69) is 0 Å². The van der Waals surface area contributed by atoms with Crippen LogP contribution < -0.4 is 17.2 Å². The lowest BCUT2D eigenvalue weighted by Crippen LogP contribution is -1.91. The van der Waals surface area contributed by atoms with Crippen molar-refractivity contribution in [3.05, 3.63) is 53.6 Å². The molecule has 0 saturated carbocycles. The Balaban J connectivity index is 0.000000171. The SMILES string of the molecule is Cc1cccc(C)c1N.Nc1ccc(N)cc1. The van der Waals surface area contributed by atoms with Gasteiger partial charge in [0.1, 0.15) is 0 Å². The van der Waals surface area contributed by atoms with E-state index in [1.807, 2.05) is 32.0 Å². The van der Waals surface area contributed by atoms with E-state index in [0.717, 1.165) is 28.2 Å².